The second-order valence-electron chi connectivity index (χ2n) is 21.6. The van der Waals surface area contributed by atoms with Crippen LogP contribution in [0.25, 0.3) is 0 Å². The third-order valence-corrected chi connectivity index (χ3v) is 14.8. The van der Waals surface area contributed by atoms with E-state index in [1.54, 1.807) is 0 Å². The topological polar surface area (TPSA) is 178 Å². The van der Waals surface area contributed by atoms with Gasteiger partial charge in [0, 0.05) is 13.0 Å². The minimum absolute atomic E-state index is 0.0341. The lowest BCUT2D eigenvalue weighted by Gasteiger charge is -2.41. The van der Waals surface area contributed by atoms with Crippen molar-refractivity contribution in [3.63, 3.8) is 0 Å². The van der Waals surface area contributed by atoms with Crippen LogP contribution >= 0.6 is 0 Å². The van der Waals surface area contributed by atoms with Crippen molar-refractivity contribution in [2.45, 2.75) is 307 Å². The lowest BCUT2D eigenvalue weighted by Crippen LogP contribution is -2.60. The van der Waals surface area contributed by atoms with Gasteiger partial charge in [-0.3, -0.25) is 9.35 Å². The number of ether oxygens (including phenoxy) is 4. The molecule has 1 heterocycles. The fourth-order valence-corrected chi connectivity index (χ4v) is 10.1. The fraction of sp³-hybridized carbons (Fsp3) is 0.800. The lowest BCUT2D eigenvalue weighted by atomic mass is 9.99. The molecule has 0 saturated carbocycles. The van der Waals surface area contributed by atoms with Gasteiger partial charge in [0.1, 0.15) is 30.5 Å². The second kappa shape index (κ2) is 55.1. The highest BCUT2D eigenvalue weighted by molar-refractivity contribution is 7.80. The van der Waals surface area contributed by atoms with Crippen molar-refractivity contribution in [1.29, 1.82) is 0 Å². The van der Waals surface area contributed by atoms with E-state index in [4.69, 9.17) is 18.9 Å². The number of carbonyl (C=O) groups excluding carboxylic acids is 1. The molecule has 0 aromatic carbocycles. The molecule has 0 aliphatic carbocycles. The first-order chi connectivity index (χ1) is 38.1. The van der Waals surface area contributed by atoms with Crippen LogP contribution in [-0.4, -0.2) is 97.5 Å². The molecule has 1 aliphatic heterocycles. The van der Waals surface area contributed by atoms with Crippen molar-refractivity contribution in [2.75, 3.05) is 26.4 Å². The summed E-state index contributed by atoms with van der Waals surface area (Å²) in [5, 5.41) is 30.9. The third-order valence-electron chi connectivity index (χ3n) is 14.3. The highest BCUT2D eigenvalue weighted by atomic mass is 32.3. The molecule has 12 nitrogen and oxygen atoms in total. The van der Waals surface area contributed by atoms with Crippen LogP contribution in [0.15, 0.2) is 72.9 Å². The van der Waals surface area contributed by atoms with Crippen LogP contribution in [0.1, 0.15) is 271 Å². The van der Waals surface area contributed by atoms with Crippen molar-refractivity contribution in [3.05, 3.63) is 72.9 Å². The summed E-state index contributed by atoms with van der Waals surface area (Å²) in [7, 11) is -5.07. The first-order valence-corrected chi connectivity index (χ1v) is 33.1. The molecule has 6 unspecified atom stereocenters. The van der Waals surface area contributed by atoms with Gasteiger partial charge in [-0.05, 0) is 83.5 Å². The van der Waals surface area contributed by atoms with Gasteiger partial charge in [0.05, 0.1) is 19.8 Å². The van der Waals surface area contributed by atoms with Gasteiger partial charge < -0.3 is 34.3 Å². The van der Waals surface area contributed by atoms with Crippen LogP contribution < -0.4 is 0 Å². The maximum Gasteiger partial charge on any atom is 0.397 e. The first-order valence-electron chi connectivity index (χ1n) is 31.7. The minimum atomic E-state index is -5.07. The monoisotopic (exact) mass is 1120 g/mol. The summed E-state index contributed by atoms with van der Waals surface area (Å²) in [5.74, 6) is -0.400. The zero-order valence-corrected chi connectivity index (χ0v) is 50.3. The van der Waals surface area contributed by atoms with E-state index in [0.717, 1.165) is 77.0 Å². The Morgan fingerprint density at radius 1 is 0.500 bits per heavy atom. The zero-order chi connectivity index (χ0) is 56.7. The highest BCUT2D eigenvalue weighted by Crippen LogP contribution is 2.26. The quantitative estimate of drug-likeness (QED) is 0.0196. The maximum absolute atomic E-state index is 13.0. The van der Waals surface area contributed by atoms with E-state index in [1.165, 1.54) is 167 Å². The standard InChI is InChI=1S/C65H116O12S/c1-3-5-7-9-11-13-15-17-19-21-23-25-27-29-31-33-35-37-39-41-43-45-47-49-51-53-55-73-57-59(58-74-65-63(69)64(77-78(70,71)72)62(68)60(56-66)76-65)75-61(67)54-52-50-48-46-44-42-40-38-36-34-32-30-28-26-24-22-20-18-16-14-12-10-8-6-4-2/h6,8,12,14-15,17-18,20-21,23-24,26,59-60,62-66,68-69H,3-5,7,9-11,13,16,19,22,25,27-58H2,1-2H3,(H,70,71,72)/b8-6-,14-12-,17-15-,20-18-,23-21-,26-24-. The molecule has 78 heavy (non-hydrogen) atoms. The minimum Gasteiger partial charge on any atom is -0.457 e. The Labute approximate surface area is 477 Å². The molecule has 0 amide bonds. The summed E-state index contributed by atoms with van der Waals surface area (Å²) in [5.41, 5.74) is 0. The third kappa shape index (κ3) is 47.2. The summed E-state index contributed by atoms with van der Waals surface area (Å²) in [4.78, 5) is 13.0. The van der Waals surface area contributed by atoms with E-state index < -0.39 is 59.8 Å². The molecule has 0 spiro atoms. The van der Waals surface area contributed by atoms with Crippen LogP contribution in [-0.2, 0) is 38.3 Å². The van der Waals surface area contributed by atoms with E-state index in [1.807, 2.05) is 0 Å². The van der Waals surface area contributed by atoms with Crippen LogP contribution in [0.2, 0.25) is 0 Å². The summed E-state index contributed by atoms with van der Waals surface area (Å²) < 4.78 is 59.6. The van der Waals surface area contributed by atoms with Gasteiger partial charge in [-0.2, -0.15) is 8.42 Å². The van der Waals surface area contributed by atoms with Gasteiger partial charge in [0.25, 0.3) is 0 Å². The molecular weight excluding hydrogens is 1000 g/mol. The van der Waals surface area contributed by atoms with Crippen LogP contribution in [0, 0.1) is 0 Å². The molecule has 1 aliphatic rings. The van der Waals surface area contributed by atoms with Crippen LogP contribution in [0.3, 0.4) is 0 Å². The molecule has 1 saturated heterocycles. The number of esters is 1. The Hall–Kier alpha value is -2.46. The fourth-order valence-electron chi connectivity index (χ4n) is 9.58. The number of rotatable bonds is 56. The second-order valence-corrected chi connectivity index (χ2v) is 22.7. The number of aliphatic hydroxyl groups is 3. The largest absolute Gasteiger partial charge is 0.457 e. The average molecular weight is 1120 g/mol. The smallest absolute Gasteiger partial charge is 0.397 e. The van der Waals surface area contributed by atoms with Crippen molar-refractivity contribution < 1.29 is 56.2 Å². The van der Waals surface area contributed by atoms with Gasteiger partial charge in [-0.15, -0.1) is 0 Å². The van der Waals surface area contributed by atoms with Gasteiger partial charge in [0.15, 0.2) is 6.29 Å². The molecular formula is C65H116O12S. The number of unbranched alkanes of at least 4 members (excludes halogenated alkanes) is 31. The SMILES string of the molecule is CC/C=C\C/C=C\C/C=C\C/C=C\CCCCCCCCCCCCCCC(=O)OC(COCCCCCCCCCCCCCCCC/C=C\C/C=C\CCCCCCC)COC1OC(CO)C(O)C(OS(=O)(=O)O)C1O. The van der Waals surface area contributed by atoms with Crippen molar-refractivity contribution >= 4 is 16.4 Å². The molecule has 0 aromatic heterocycles. The predicted molar refractivity (Wildman–Crippen MR) is 322 cm³/mol. The van der Waals surface area contributed by atoms with Crippen molar-refractivity contribution in [2.24, 2.45) is 0 Å². The van der Waals surface area contributed by atoms with Crippen LogP contribution in [0.5, 0.6) is 0 Å². The van der Waals surface area contributed by atoms with Gasteiger partial charge >= 0.3 is 16.4 Å². The predicted octanol–water partition coefficient (Wildman–Crippen LogP) is 16.5. The van der Waals surface area contributed by atoms with E-state index >= 15 is 0 Å². The Balaban J connectivity index is 2.25. The van der Waals surface area contributed by atoms with Crippen molar-refractivity contribution in [3.8, 4) is 0 Å². The van der Waals surface area contributed by atoms with E-state index in [-0.39, 0.29) is 19.6 Å². The molecule has 0 radical (unpaired) electrons. The molecule has 454 valence electrons. The Morgan fingerprint density at radius 3 is 1.29 bits per heavy atom. The summed E-state index contributed by atoms with van der Waals surface area (Å²) >= 11 is 0. The van der Waals surface area contributed by atoms with Gasteiger partial charge in [-0.1, -0.05) is 254 Å². The number of hydrogen-bond acceptors (Lipinski definition) is 11. The number of hydrogen-bond donors (Lipinski definition) is 4. The van der Waals surface area contributed by atoms with Gasteiger partial charge in [-0.25, -0.2) is 4.18 Å². The zero-order valence-electron chi connectivity index (χ0n) is 49.5. The lowest BCUT2D eigenvalue weighted by molar-refractivity contribution is -0.301. The van der Waals surface area contributed by atoms with E-state index in [2.05, 4.69) is 90.9 Å². The number of carbonyl (C=O) groups is 1. The molecule has 0 aromatic rings. The first kappa shape index (κ1) is 73.6. The molecule has 1 rings (SSSR count). The molecule has 0 bridgehead atoms. The average Bonchev–Trinajstić information content (AvgIpc) is 3.46. The Morgan fingerprint density at radius 2 is 0.885 bits per heavy atom. The highest BCUT2D eigenvalue weighted by Gasteiger charge is 2.48. The molecule has 13 heteroatoms. The van der Waals surface area contributed by atoms with Gasteiger partial charge in [0.2, 0.25) is 0 Å². The Bertz CT molecular complexity index is 1630. The van der Waals surface area contributed by atoms with E-state index in [9.17, 15) is 33.1 Å². The van der Waals surface area contributed by atoms with Crippen LogP contribution in [0.4, 0.5) is 0 Å². The molecule has 6 atom stereocenters. The number of aliphatic hydroxyl groups excluding tert-OH is 3. The maximum atomic E-state index is 13.0. The summed E-state index contributed by atoms with van der Waals surface area (Å²) in [6.07, 6.45) is 65.2. The molecule has 4 N–H and O–H groups in total. The molecule has 1 fully saturated rings. The summed E-state index contributed by atoms with van der Waals surface area (Å²) in [6, 6.07) is 0. The summed E-state index contributed by atoms with van der Waals surface area (Å²) in [6.45, 7) is 3.91. The Kier molecular flexibility index (Phi) is 52.0. The van der Waals surface area contributed by atoms with E-state index in [0.29, 0.717) is 13.0 Å². The van der Waals surface area contributed by atoms with Crippen molar-refractivity contribution in [1.82, 2.24) is 0 Å². The number of allylic oxidation sites excluding steroid dienone is 12. The normalized spacial score (nSPS) is 18.9.